The van der Waals surface area contributed by atoms with Crippen molar-refractivity contribution in [3.8, 4) is 0 Å². The van der Waals surface area contributed by atoms with Crippen molar-refractivity contribution in [2.45, 2.75) is 20.8 Å². The molecule has 0 fully saturated rings. The number of aryl methyl sites for hydroxylation is 2. The largest absolute Gasteiger partial charge is 0.466 e. The molecule has 0 saturated heterocycles. The standard InChI is InChI=1S/C12H12N2O2/c1-7-8(2)16-9(3)11(7)12(15)10-6-13-4-5-14-10/h4-6H,1-3H3. The molecule has 0 bridgehead atoms. The van der Waals surface area contributed by atoms with Crippen molar-refractivity contribution in [1.29, 1.82) is 0 Å². The van der Waals surface area contributed by atoms with Crippen molar-refractivity contribution in [3.05, 3.63) is 46.9 Å². The minimum absolute atomic E-state index is 0.139. The van der Waals surface area contributed by atoms with Gasteiger partial charge < -0.3 is 4.42 Å². The molecule has 0 aliphatic heterocycles. The number of ketones is 1. The highest BCUT2D eigenvalue weighted by molar-refractivity contribution is 6.09. The van der Waals surface area contributed by atoms with Crippen LogP contribution < -0.4 is 0 Å². The van der Waals surface area contributed by atoms with Crippen LogP contribution in [0.25, 0.3) is 0 Å². The zero-order chi connectivity index (χ0) is 11.7. The molecule has 0 aromatic carbocycles. The first-order valence-corrected chi connectivity index (χ1v) is 4.98. The van der Waals surface area contributed by atoms with E-state index in [0.29, 0.717) is 17.0 Å². The number of carbonyl (C=O) groups excluding carboxylic acids is 1. The van der Waals surface area contributed by atoms with E-state index in [-0.39, 0.29) is 5.78 Å². The molecule has 0 amide bonds. The van der Waals surface area contributed by atoms with Crippen LogP contribution in [-0.4, -0.2) is 15.8 Å². The number of hydrogen-bond acceptors (Lipinski definition) is 4. The molecule has 4 nitrogen and oxygen atoms in total. The number of carbonyl (C=O) groups is 1. The van der Waals surface area contributed by atoms with Crippen molar-refractivity contribution in [2.24, 2.45) is 0 Å². The molecule has 2 heterocycles. The topological polar surface area (TPSA) is 56.0 Å². The van der Waals surface area contributed by atoms with Gasteiger partial charge in [-0.25, -0.2) is 4.98 Å². The van der Waals surface area contributed by atoms with Crippen LogP contribution in [0.1, 0.15) is 33.1 Å². The fraction of sp³-hybridized carbons (Fsp3) is 0.250. The second-order valence-electron chi connectivity index (χ2n) is 3.63. The number of rotatable bonds is 2. The van der Waals surface area contributed by atoms with Gasteiger partial charge in [0.2, 0.25) is 5.78 Å². The summed E-state index contributed by atoms with van der Waals surface area (Å²) in [4.78, 5) is 20.0. The molecule has 2 aromatic rings. The Morgan fingerprint density at radius 2 is 1.94 bits per heavy atom. The van der Waals surface area contributed by atoms with Gasteiger partial charge in [-0.2, -0.15) is 0 Å². The Kier molecular flexibility index (Phi) is 2.56. The molecule has 0 N–H and O–H groups in total. The third-order valence-corrected chi connectivity index (χ3v) is 2.58. The lowest BCUT2D eigenvalue weighted by atomic mass is 10.0. The Morgan fingerprint density at radius 1 is 1.19 bits per heavy atom. The molecule has 82 valence electrons. The van der Waals surface area contributed by atoms with Crippen LogP contribution >= 0.6 is 0 Å². The van der Waals surface area contributed by atoms with E-state index in [0.717, 1.165) is 11.3 Å². The predicted molar refractivity (Wildman–Crippen MR) is 58.4 cm³/mol. The number of nitrogens with zero attached hydrogens (tertiary/aromatic N) is 2. The Bertz CT molecular complexity index is 529. The van der Waals surface area contributed by atoms with Crippen LogP contribution in [0.4, 0.5) is 0 Å². The molecular weight excluding hydrogens is 204 g/mol. The van der Waals surface area contributed by atoms with E-state index >= 15 is 0 Å². The molecule has 0 aliphatic carbocycles. The number of furan rings is 1. The average Bonchev–Trinajstić information content (AvgIpc) is 2.54. The normalized spacial score (nSPS) is 10.4. The second kappa shape index (κ2) is 3.89. The second-order valence-corrected chi connectivity index (χ2v) is 3.63. The van der Waals surface area contributed by atoms with Gasteiger partial charge in [-0.3, -0.25) is 9.78 Å². The lowest BCUT2D eigenvalue weighted by molar-refractivity contribution is 0.103. The first-order valence-electron chi connectivity index (χ1n) is 4.98. The van der Waals surface area contributed by atoms with Gasteiger partial charge in [0.25, 0.3) is 0 Å². The van der Waals surface area contributed by atoms with E-state index < -0.39 is 0 Å². The van der Waals surface area contributed by atoms with Gasteiger partial charge >= 0.3 is 0 Å². The SMILES string of the molecule is Cc1oc(C)c(C(=O)c2cnccn2)c1C. The summed E-state index contributed by atoms with van der Waals surface area (Å²) in [6.45, 7) is 5.49. The first-order chi connectivity index (χ1) is 7.61. The van der Waals surface area contributed by atoms with Crippen LogP contribution in [0.5, 0.6) is 0 Å². The Morgan fingerprint density at radius 3 is 2.44 bits per heavy atom. The van der Waals surface area contributed by atoms with Crippen LogP contribution in [0.15, 0.2) is 23.0 Å². The van der Waals surface area contributed by atoms with Gasteiger partial charge in [-0.05, 0) is 20.8 Å². The highest BCUT2D eigenvalue weighted by Crippen LogP contribution is 2.22. The van der Waals surface area contributed by atoms with E-state index in [2.05, 4.69) is 9.97 Å². The van der Waals surface area contributed by atoms with Crippen molar-refractivity contribution < 1.29 is 9.21 Å². The predicted octanol–water partition coefficient (Wildman–Crippen LogP) is 2.23. The van der Waals surface area contributed by atoms with E-state index in [4.69, 9.17) is 4.42 Å². The van der Waals surface area contributed by atoms with Crippen LogP contribution in [0, 0.1) is 20.8 Å². The van der Waals surface area contributed by atoms with Crippen LogP contribution in [-0.2, 0) is 0 Å². The van der Waals surface area contributed by atoms with E-state index in [1.807, 2.05) is 13.8 Å². The highest BCUT2D eigenvalue weighted by atomic mass is 16.3. The summed E-state index contributed by atoms with van der Waals surface area (Å²) >= 11 is 0. The van der Waals surface area contributed by atoms with Crippen LogP contribution in [0.2, 0.25) is 0 Å². The minimum atomic E-state index is -0.139. The number of hydrogen-bond donors (Lipinski definition) is 0. The Labute approximate surface area is 93.3 Å². The summed E-state index contributed by atoms with van der Waals surface area (Å²) in [5.41, 5.74) is 1.81. The number of aromatic nitrogens is 2. The molecule has 2 rings (SSSR count). The molecule has 0 saturated carbocycles. The van der Waals surface area contributed by atoms with Crippen molar-refractivity contribution in [1.82, 2.24) is 9.97 Å². The van der Waals surface area contributed by atoms with Crippen molar-refractivity contribution in [2.75, 3.05) is 0 Å². The van der Waals surface area contributed by atoms with Crippen molar-refractivity contribution >= 4 is 5.78 Å². The monoisotopic (exact) mass is 216 g/mol. The van der Waals surface area contributed by atoms with Gasteiger partial charge in [0.05, 0.1) is 11.8 Å². The summed E-state index contributed by atoms with van der Waals surface area (Å²) in [7, 11) is 0. The maximum atomic E-state index is 12.1. The molecular formula is C12H12N2O2. The Hall–Kier alpha value is -1.97. The maximum absolute atomic E-state index is 12.1. The van der Waals surface area contributed by atoms with Gasteiger partial charge in [0.1, 0.15) is 17.2 Å². The zero-order valence-electron chi connectivity index (χ0n) is 9.44. The van der Waals surface area contributed by atoms with Gasteiger partial charge in [0.15, 0.2) is 0 Å². The fourth-order valence-electron chi connectivity index (χ4n) is 1.67. The fourth-order valence-corrected chi connectivity index (χ4v) is 1.67. The minimum Gasteiger partial charge on any atom is -0.466 e. The van der Waals surface area contributed by atoms with Crippen LogP contribution in [0.3, 0.4) is 0 Å². The zero-order valence-corrected chi connectivity index (χ0v) is 9.44. The summed E-state index contributed by atoms with van der Waals surface area (Å²) in [6.07, 6.45) is 4.51. The maximum Gasteiger partial charge on any atom is 0.216 e. The smallest absolute Gasteiger partial charge is 0.216 e. The molecule has 0 spiro atoms. The van der Waals surface area contributed by atoms with Gasteiger partial charge in [-0.15, -0.1) is 0 Å². The van der Waals surface area contributed by atoms with Crippen molar-refractivity contribution in [3.63, 3.8) is 0 Å². The van der Waals surface area contributed by atoms with E-state index in [1.165, 1.54) is 18.6 Å². The summed E-state index contributed by atoms with van der Waals surface area (Å²) in [6, 6.07) is 0. The summed E-state index contributed by atoms with van der Waals surface area (Å²) < 4.78 is 5.42. The molecule has 4 heteroatoms. The molecule has 2 aromatic heterocycles. The lowest BCUT2D eigenvalue weighted by Crippen LogP contribution is -2.06. The molecule has 0 unspecified atom stereocenters. The average molecular weight is 216 g/mol. The third kappa shape index (κ3) is 1.62. The lowest BCUT2D eigenvalue weighted by Gasteiger charge is -1.99. The van der Waals surface area contributed by atoms with E-state index in [1.54, 1.807) is 6.92 Å². The van der Waals surface area contributed by atoms with Gasteiger partial charge in [-0.1, -0.05) is 0 Å². The quantitative estimate of drug-likeness (QED) is 0.722. The molecule has 0 aliphatic rings. The molecule has 0 radical (unpaired) electrons. The highest BCUT2D eigenvalue weighted by Gasteiger charge is 2.20. The van der Waals surface area contributed by atoms with Gasteiger partial charge in [0, 0.05) is 18.0 Å². The first kappa shape index (κ1) is 10.5. The molecule has 16 heavy (non-hydrogen) atoms. The third-order valence-electron chi connectivity index (χ3n) is 2.58. The molecule has 0 atom stereocenters. The summed E-state index contributed by atoms with van der Waals surface area (Å²) in [5, 5.41) is 0. The Balaban J connectivity index is 2.50. The summed E-state index contributed by atoms with van der Waals surface area (Å²) in [5.74, 6) is 1.26. The van der Waals surface area contributed by atoms with E-state index in [9.17, 15) is 4.79 Å².